The minimum Gasteiger partial charge on any atom is -0.453 e. The third-order valence-corrected chi connectivity index (χ3v) is 13.8. The van der Waals surface area contributed by atoms with Crippen molar-refractivity contribution in [1.29, 1.82) is 0 Å². The monoisotopic (exact) mass is 908 g/mol. The number of amides is 4. The summed E-state index contributed by atoms with van der Waals surface area (Å²) in [5.74, 6) is 0.929. The van der Waals surface area contributed by atoms with Crippen molar-refractivity contribution in [2.45, 2.75) is 102 Å². The van der Waals surface area contributed by atoms with Crippen LogP contribution in [0.25, 0.3) is 33.3 Å². The minimum absolute atomic E-state index is 0.0289. The molecule has 0 bridgehead atoms. The highest BCUT2D eigenvalue weighted by Crippen LogP contribution is 2.48. The molecule has 6 atom stereocenters. The van der Waals surface area contributed by atoms with Gasteiger partial charge in [0.05, 0.1) is 66.1 Å². The van der Waals surface area contributed by atoms with Crippen molar-refractivity contribution in [3.05, 3.63) is 108 Å². The fourth-order valence-electron chi connectivity index (χ4n) is 10.4. The summed E-state index contributed by atoms with van der Waals surface area (Å²) < 4.78 is 9.67. The molecule has 4 amide bonds. The number of nitrogens with zero attached hydrogens (tertiary/aromatic N) is 6. The maximum absolute atomic E-state index is 13.9. The number of H-pyrrole nitrogens is 2. The number of likely N-dealkylation sites (tertiary alicyclic amines) is 2. The number of alkyl carbamates (subject to hydrolysis) is 2. The van der Waals surface area contributed by atoms with E-state index >= 15 is 0 Å². The van der Waals surface area contributed by atoms with E-state index in [1.54, 1.807) is 0 Å². The largest absolute Gasteiger partial charge is 0.453 e. The van der Waals surface area contributed by atoms with Crippen LogP contribution in [-0.4, -0.2) is 98.1 Å². The molecule has 9 rings (SSSR count). The van der Waals surface area contributed by atoms with Crippen LogP contribution in [-0.2, 0) is 19.1 Å². The molecule has 6 aromatic rings. The lowest BCUT2D eigenvalue weighted by Crippen LogP contribution is -2.51. The second-order valence-electron chi connectivity index (χ2n) is 18.7. The Morgan fingerprint density at radius 1 is 0.627 bits per heavy atom. The van der Waals surface area contributed by atoms with Gasteiger partial charge in [-0.25, -0.2) is 19.6 Å². The summed E-state index contributed by atoms with van der Waals surface area (Å²) in [6.07, 6.45) is 5.54. The van der Waals surface area contributed by atoms with Crippen LogP contribution in [0.2, 0.25) is 0 Å². The average molecular weight is 909 g/mol. The van der Waals surface area contributed by atoms with Crippen LogP contribution in [0.1, 0.15) is 113 Å². The minimum atomic E-state index is -0.714. The van der Waals surface area contributed by atoms with E-state index in [1.807, 2.05) is 61.9 Å². The predicted octanol–water partition coefficient (Wildman–Crippen LogP) is 8.67. The molecule has 0 unspecified atom stereocenters. The molecular formula is C51H60N10O6. The van der Waals surface area contributed by atoms with E-state index in [0.29, 0.717) is 13.1 Å². The summed E-state index contributed by atoms with van der Waals surface area (Å²) >= 11 is 0. The van der Waals surface area contributed by atoms with E-state index in [0.717, 1.165) is 100 Å². The number of imidazole rings is 2. The molecular weight excluding hydrogens is 849 g/mol. The van der Waals surface area contributed by atoms with E-state index in [1.165, 1.54) is 14.2 Å². The van der Waals surface area contributed by atoms with E-state index in [4.69, 9.17) is 19.4 Å². The number of benzene rings is 3. The first-order valence-electron chi connectivity index (χ1n) is 23.5. The van der Waals surface area contributed by atoms with Gasteiger partial charge in [0, 0.05) is 30.5 Å². The number of fused-ring (bicyclic) bond motifs is 2. The zero-order valence-corrected chi connectivity index (χ0v) is 39.0. The SMILES string of the molecule is COC(=O)N[C@H](C(=O)N1CCC[C@H]1c1nc2ccc([C@H]3CC[C@H](c4ccc5nc([C@@H]6CCCN6C(=O)[C@@H](NC(=O)OC)C(C)C)[nH]c5c4)N3c3ccc(-c4ccccn4)cc3)cc2[nH]1)C(C)C. The van der Waals surface area contributed by atoms with Crippen LogP contribution in [0, 0.1) is 11.8 Å². The van der Waals surface area contributed by atoms with Gasteiger partial charge in [-0.3, -0.25) is 14.6 Å². The normalized spacial score (nSPS) is 20.5. The number of methoxy groups -OCH3 is 2. The van der Waals surface area contributed by atoms with Crippen LogP contribution in [0.15, 0.2) is 85.1 Å². The molecule has 3 aliphatic heterocycles. The molecule has 350 valence electrons. The van der Waals surface area contributed by atoms with Crippen LogP contribution >= 0.6 is 0 Å². The molecule has 3 aromatic heterocycles. The van der Waals surface area contributed by atoms with Crippen LogP contribution in [0.4, 0.5) is 15.3 Å². The van der Waals surface area contributed by atoms with Gasteiger partial charge in [0.2, 0.25) is 11.8 Å². The molecule has 6 heterocycles. The van der Waals surface area contributed by atoms with Crippen molar-refractivity contribution in [2.24, 2.45) is 11.8 Å². The van der Waals surface area contributed by atoms with Gasteiger partial charge >= 0.3 is 12.2 Å². The fraction of sp³-hybridized carbons (Fsp3) is 0.431. The number of rotatable bonds is 12. The molecule has 0 spiro atoms. The van der Waals surface area contributed by atoms with E-state index in [9.17, 15) is 19.2 Å². The fourth-order valence-corrected chi connectivity index (χ4v) is 10.4. The maximum Gasteiger partial charge on any atom is 0.407 e. The number of hydrogen-bond acceptors (Lipinski definition) is 10. The van der Waals surface area contributed by atoms with Crippen molar-refractivity contribution in [3.63, 3.8) is 0 Å². The summed E-state index contributed by atoms with van der Waals surface area (Å²) in [5.41, 5.74) is 8.80. The molecule has 16 nitrogen and oxygen atoms in total. The van der Waals surface area contributed by atoms with Gasteiger partial charge in [0.15, 0.2) is 0 Å². The lowest BCUT2D eigenvalue weighted by atomic mass is 10.0. The van der Waals surface area contributed by atoms with Crippen LogP contribution in [0.5, 0.6) is 0 Å². The first-order chi connectivity index (χ1) is 32.4. The van der Waals surface area contributed by atoms with Gasteiger partial charge in [-0.2, -0.15) is 0 Å². The predicted molar refractivity (Wildman–Crippen MR) is 255 cm³/mol. The summed E-state index contributed by atoms with van der Waals surface area (Å²) in [7, 11) is 2.60. The average Bonchev–Trinajstić information content (AvgIpc) is 4.20. The number of aromatic amines is 2. The number of anilines is 1. The first-order valence-corrected chi connectivity index (χ1v) is 23.5. The topological polar surface area (TPSA) is 191 Å². The molecule has 0 radical (unpaired) electrons. The lowest BCUT2D eigenvalue weighted by molar-refractivity contribution is -0.136. The van der Waals surface area contributed by atoms with E-state index in [-0.39, 0.29) is 47.8 Å². The van der Waals surface area contributed by atoms with Gasteiger partial charge in [0.25, 0.3) is 0 Å². The third-order valence-electron chi connectivity index (χ3n) is 13.8. The van der Waals surface area contributed by atoms with Crippen LogP contribution in [0.3, 0.4) is 0 Å². The van der Waals surface area contributed by atoms with Gasteiger partial charge in [-0.15, -0.1) is 0 Å². The van der Waals surface area contributed by atoms with Crippen LogP contribution < -0.4 is 15.5 Å². The Labute approximate surface area is 390 Å². The molecule has 4 N–H and O–H groups in total. The highest BCUT2D eigenvalue weighted by Gasteiger charge is 2.40. The third kappa shape index (κ3) is 9.00. The molecule has 67 heavy (non-hydrogen) atoms. The number of pyridine rings is 1. The standard InChI is InChI=1S/C51H60N10O6/c1-29(2)44(57-50(64)66-5)48(62)59-25-9-12-42(59)46-53-36-20-16-32(27-38(36)55-46)40-22-23-41(61(40)34-18-14-31(15-19-34)35-11-7-8-24-52-35)33-17-21-37-39(28-33)56-47(54-37)43-13-10-26-60(43)49(63)45(30(3)4)58-51(65)67-6/h7-8,11,14-21,24,27-30,40-45H,9-10,12-13,22-23,25-26H2,1-6H3,(H,53,55)(H,54,56)(H,57,64)(H,58,65)/t40-,41-,42+,43+,44+,45+/m1/s1. The number of ether oxygens (including phenoxy) is 2. The number of carbonyl (C=O) groups is 4. The molecule has 3 fully saturated rings. The van der Waals surface area contributed by atoms with Gasteiger partial charge in [0.1, 0.15) is 23.7 Å². The number of carbonyl (C=O) groups excluding carboxylic acids is 4. The highest BCUT2D eigenvalue weighted by molar-refractivity contribution is 5.88. The molecule has 16 heteroatoms. The Hall–Kier alpha value is -6.97. The first kappa shape index (κ1) is 45.2. The summed E-state index contributed by atoms with van der Waals surface area (Å²) in [4.78, 5) is 80.2. The lowest BCUT2D eigenvalue weighted by Gasteiger charge is -2.33. The zero-order chi connectivity index (χ0) is 46.9. The highest BCUT2D eigenvalue weighted by atomic mass is 16.5. The smallest absolute Gasteiger partial charge is 0.407 e. The number of nitrogens with one attached hydrogen (secondary N) is 4. The van der Waals surface area contributed by atoms with Crippen molar-refractivity contribution in [1.82, 2.24) is 45.4 Å². The van der Waals surface area contributed by atoms with E-state index < -0.39 is 24.3 Å². The van der Waals surface area contributed by atoms with Gasteiger partial charge in [-0.1, -0.05) is 58.0 Å². The Balaban J connectivity index is 1.02. The Kier molecular flexibility index (Phi) is 12.9. The van der Waals surface area contributed by atoms with Crippen molar-refractivity contribution in [3.8, 4) is 11.3 Å². The van der Waals surface area contributed by atoms with Crippen molar-refractivity contribution >= 4 is 51.8 Å². The summed E-state index contributed by atoms with van der Waals surface area (Å²) in [5, 5.41) is 5.48. The second kappa shape index (κ2) is 19.1. The Morgan fingerprint density at radius 3 is 1.55 bits per heavy atom. The van der Waals surface area contributed by atoms with Gasteiger partial charge < -0.3 is 44.8 Å². The summed E-state index contributed by atoms with van der Waals surface area (Å²) in [6, 6.07) is 25.6. The van der Waals surface area contributed by atoms with E-state index in [2.05, 4.69) is 91.1 Å². The maximum atomic E-state index is 13.9. The zero-order valence-electron chi connectivity index (χ0n) is 39.0. The van der Waals surface area contributed by atoms with Crippen molar-refractivity contribution in [2.75, 3.05) is 32.2 Å². The molecule has 0 saturated carbocycles. The number of aromatic nitrogens is 5. The molecule has 3 aliphatic rings. The Morgan fingerprint density at radius 2 is 1.12 bits per heavy atom. The Bertz CT molecular complexity index is 2610. The van der Waals surface area contributed by atoms with Gasteiger partial charge in [-0.05, 0) is 110 Å². The quantitative estimate of drug-likeness (QED) is 0.0924. The van der Waals surface area contributed by atoms with Crippen molar-refractivity contribution < 1.29 is 28.7 Å². The summed E-state index contributed by atoms with van der Waals surface area (Å²) in [6.45, 7) is 8.81. The second-order valence-corrected chi connectivity index (χ2v) is 18.7. The molecule has 0 aliphatic carbocycles. The molecule has 3 saturated heterocycles. The molecule has 3 aromatic carbocycles. The number of hydrogen-bond donors (Lipinski definition) is 4.